The molecule has 36 heavy (non-hydrogen) atoms. The first kappa shape index (κ1) is 26.9. The highest BCUT2D eigenvalue weighted by Gasteiger charge is 2.34. The molecule has 2 atom stereocenters. The highest BCUT2D eigenvalue weighted by molar-refractivity contribution is 7.80. The lowest BCUT2D eigenvalue weighted by molar-refractivity contribution is -0.151. The van der Waals surface area contributed by atoms with Gasteiger partial charge in [-0.15, -0.1) is 0 Å². The van der Waals surface area contributed by atoms with Crippen LogP contribution in [-0.2, 0) is 14.3 Å². The Balaban J connectivity index is 1.60. The fourth-order valence-electron chi connectivity index (χ4n) is 3.52. The average molecular weight is 514 g/mol. The lowest BCUT2D eigenvalue weighted by atomic mass is 10.1. The van der Waals surface area contributed by atoms with Crippen molar-refractivity contribution in [2.45, 2.75) is 38.8 Å². The molecular formula is C26H31N3O6S. The SMILES string of the molecule is CCC(C)OC(=O)CC1C(=O)NCCN1C(=S)NC(=O)c1ccccc1OCCOc1ccccc1. The summed E-state index contributed by atoms with van der Waals surface area (Å²) in [6.45, 7) is 4.91. The number of hydrogen-bond acceptors (Lipinski definition) is 7. The third-order valence-electron chi connectivity index (χ3n) is 5.56. The Kier molecular flexibility index (Phi) is 10.1. The van der Waals surface area contributed by atoms with E-state index in [-0.39, 0.29) is 35.7 Å². The summed E-state index contributed by atoms with van der Waals surface area (Å²) in [5, 5.41) is 5.46. The predicted molar refractivity (Wildman–Crippen MR) is 138 cm³/mol. The largest absolute Gasteiger partial charge is 0.490 e. The van der Waals surface area contributed by atoms with Crippen LogP contribution in [0, 0.1) is 0 Å². The van der Waals surface area contributed by atoms with Gasteiger partial charge in [0.1, 0.15) is 30.8 Å². The van der Waals surface area contributed by atoms with E-state index in [2.05, 4.69) is 10.6 Å². The molecular weight excluding hydrogens is 482 g/mol. The molecule has 2 aromatic rings. The molecule has 0 spiro atoms. The Morgan fingerprint density at radius 3 is 2.56 bits per heavy atom. The number of thiocarbonyl (C=S) groups is 1. The van der Waals surface area contributed by atoms with Crippen LogP contribution < -0.4 is 20.1 Å². The van der Waals surface area contributed by atoms with Crippen LogP contribution in [0.2, 0.25) is 0 Å². The molecule has 1 saturated heterocycles. The van der Waals surface area contributed by atoms with Crippen LogP contribution in [-0.4, -0.2) is 66.2 Å². The Bertz CT molecular complexity index is 1060. The molecule has 0 radical (unpaired) electrons. The van der Waals surface area contributed by atoms with Crippen molar-refractivity contribution in [1.82, 2.24) is 15.5 Å². The second kappa shape index (κ2) is 13.4. The van der Waals surface area contributed by atoms with Gasteiger partial charge in [0.05, 0.1) is 18.1 Å². The molecule has 0 aromatic heterocycles. The smallest absolute Gasteiger partial charge is 0.308 e. The van der Waals surface area contributed by atoms with Crippen LogP contribution in [0.5, 0.6) is 11.5 Å². The van der Waals surface area contributed by atoms with Crippen LogP contribution in [0.4, 0.5) is 0 Å². The van der Waals surface area contributed by atoms with E-state index in [0.717, 1.165) is 5.75 Å². The van der Waals surface area contributed by atoms with E-state index < -0.39 is 17.9 Å². The zero-order valence-electron chi connectivity index (χ0n) is 20.4. The lowest BCUT2D eigenvalue weighted by Crippen LogP contribution is -2.60. The molecule has 2 unspecified atom stereocenters. The zero-order chi connectivity index (χ0) is 25.9. The second-order valence-corrected chi connectivity index (χ2v) is 8.57. The molecule has 1 heterocycles. The first-order valence-electron chi connectivity index (χ1n) is 11.9. The van der Waals surface area contributed by atoms with Gasteiger partial charge in [-0.25, -0.2) is 0 Å². The van der Waals surface area contributed by atoms with Crippen LogP contribution in [0.1, 0.15) is 37.0 Å². The Morgan fingerprint density at radius 2 is 1.81 bits per heavy atom. The molecule has 1 aliphatic rings. The van der Waals surface area contributed by atoms with Crippen molar-refractivity contribution in [2.75, 3.05) is 26.3 Å². The number of carbonyl (C=O) groups is 3. The third-order valence-corrected chi connectivity index (χ3v) is 5.90. The van der Waals surface area contributed by atoms with E-state index in [1.807, 2.05) is 37.3 Å². The standard InChI is InChI=1S/C26H31N3O6S/c1-3-18(2)35-23(30)17-21-25(32)27-13-14-29(21)26(36)28-24(31)20-11-7-8-12-22(20)34-16-15-33-19-9-5-4-6-10-19/h4-12,18,21H,3,13-17H2,1-2H3,(H,27,32)(H,28,31,36). The molecule has 3 rings (SSSR count). The Hall–Kier alpha value is -3.66. The number of para-hydroxylation sites is 2. The first-order chi connectivity index (χ1) is 17.4. The molecule has 1 aliphatic heterocycles. The molecule has 9 nitrogen and oxygen atoms in total. The molecule has 0 bridgehead atoms. The summed E-state index contributed by atoms with van der Waals surface area (Å²) < 4.78 is 16.7. The fourth-order valence-corrected chi connectivity index (χ4v) is 3.83. The van der Waals surface area contributed by atoms with Crippen molar-refractivity contribution in [3.63, 3.8) is 0 Å². The van der Waals surface area contributed by atoms with Gasteiger partial charge < -0.3 is 24.4 Å². The van der Waals surface area contributed by atoms with Crippen LogP contribution in [0.25, 0.3) is 0 Å². The summed E-state index contributed by atoms with van der Waals surface area (Å²) in [5.74, 6) is -0.222. The lowest BCUT2D eigenvalue weighted by Gasteiger charge is -2.36. The molecule has 2 N–H and O–H groups in total. The molecule has 192 valence electrons. The van der Waals surface area contributed by atoms with Gasteiger partial charge in [-0.3, -0.25) is 19.7 Å². The van der Waals surface area contributed by atoms with Gasteiger partial charge >= 0.3 is 5.97 Å². The summed E-state index contributed by atoms with van der Waals surface area (Å²) >= 11 is 5.45. The molecule has 0 aliphatic carbocycles. The number of ether oxygens (including phenoxy) is 3. The normalized spacial score (nSPS) is 15.9. The van der Waals surface area contributed by atoms with Crippen LogP contribution >= 0.6 is 12.2 Å². The first-order valence-corrected chi connectivity index (χ1v) is 12.3. The van der Waals surface area contributed by atoms with Gasteiger partial charge in [0.15, 0.2) is 5.11 Å². The van der Waals surface area contributed by atoms with Crippen molar-refractivity contribution in [2.24, 2.45) is 0 Å². The van der Waals surface area contributed by atoms with E-state index >= 15 is 0 Å². The number of piperazine rings is 1. The minimum absolute atomic E-state index is 0.0541. The van der Waals surface area contributed by atoms with Gasteiger partial charge in [0, 0.05) is 13.1 Å². The van der Waals surface area contributed by atoms with E-state index in [9.17, 15) is 14.4 Å². The van der Waals surface area contributed by atoms with Crippen LogP contribution in [0.3, 0.4) is 0 Å². The summed E-state index contributed by atoms with van der Waals surface area (Å²) in [5.41, 5.74) is 0.286. The minimum atomic E-state index is -0.871. The summed E-state index contributed by atoms with van der Waals surface area (Å²) in [7, 11) is 0. The van der Waals surface area contributed by atoms with E-state index in [1.54, 1.807) is 36.1 Å². The number of esters is 1. The zero-order valence-corrected chi connectivity index (χ0v) is 21.2. The number of rotatable bonds is 10. The van der Waals surface area contributed by atoms with Crippen molar-refractivity contribution in [1.29, 1.82) is 0 Å². The summed E-state index contributed by atoms with van der Waals surface area (Å²) in [6.07, 6.45) is 0.243. The molecule has 2 aromatic carbocycles. The van der Waals surface area contributed by atoms with Crippen molar-refractivity contribution in [3.8, 4) is 11.5 Å². The van der Waals surface area contributed by atoms with Crippen molar-refractivity contribution >= 4 is 35.1 Å². The van der Waals surface area contributed by atoms with Gasteiger partial charge in [0.25, 0.3) is 5.91 Å². The van der Waals surface area contributed by atoms with Crippen molar-refractivity contribution in [3.05, 3.63) is 60.2 Å². The molecule has 0 saturated carbocycles. The summed E-state index contributed by atoms with van der Waals surface area (Å²) in [6, 6.07) is 15.3. The molecule has 10 heteroatoms. The number of carbonyl (C=O) groups excluding carboxylic acids is 3. The molecule has 2 amide bonds. The van der Waals surface area contributed by atoms with Gasteiger partial charge in [-0.05, 0) is 49.8 Å². The highest BCUT2D eigenvalue weighted by Crippen LogP contribution is 2.19. The predicted octanol–water partition coefficient (Wildman–Crippen LogP) is 2.69. The molecule has 1 fully saturated rings. The maximum Gasteiger partial charge on any atom is 0.308 e. The minimum Gasteiger partial charge on any atom is -0.490 e. The maximum absolute atomic E-state index is 13.0. The van der Waals surface area contributed by atoms with Crippen LogP contribution in [0.15, 0.2) is 54.6 Å². The van der Waals surface area contributed by atoms with Gasteiger partial charge in [0.2, 0.25) is 5.91 Å². The Labute approximate surface area is 216 Å². The number of benzene rings is 2. The number of nitrogens with zero attached hydrogens (tertiary/aromatic N) is 1. The van der Waals surface area contributed by atoms with E-state index in [4.69, 9.17) is 26.4 Å². The maximum atomic E-state index is 13.0. The van der Waals surface area contributed by atoms with Gasteiger partial charge in [-0.1, -0.05) is 37.3 Å². The monoisotopic (exact) mass is 513 g/mol. The number of hydrogen-bond donors (Lipinski definition) is 2. The second-order valence-electron chi connectivity index (χ2n) is 8.18. The fraction of sp³-hybridized carbons (Fsp3) is 0.385. The van der Waals surface area contributed by atoms with E-state index in [1.165, 1.54) is 0 Å². The number of amides is 2. The third kappa shape index (κ3) is 7.67. The average Bonchev–Trinajstić information content (AvgIpc) is 2.88. The number of nitrogens with one attached hydrogen (secondary N) is 2. The van der Waals surface area contributed by atoms with Crippen molar-refractivity contribution < 1.29 is 28.6 Å². The summed E-state index contributed by atoms with van der Waals surface area (Å²) in [4.78, 5) is 39.4. The quantitative estimate of drug-likeness (QED) is 0.284. The highest BCUT2D eigenvalue weighted by atomic mass is 32.1. The van der Waals surface area contributed by atoms with Gasteiger partial charge in [-0.2, -0.15) is 0 Å². The topological polar surface area (TPSA) is 106 Å². The Morgan fingerprint density at radius 1 is 1.11 bits per heavy atom. The van der Waals surface area contributed by atoms with E-state index in [0.29, 0.717) is 31.9 Å².